The van der Waals surface area contributed by atoms with E-state index in [1.165, 1.54) is 17.0 Å². The molecule has 21 heavy (non-hydrogen) atoms. The second kappa shape index (κ2) is 6.74. The number of hydrogen-bond donors (Lipinski definition) is 1. The number of nitrogen functional groups attached to an aromatic ring is 1. The van der Waals surface area contributed by atoms with Crippen LogP contribution in [0.15, 0.2) is 48.5 Å². The summed E-state index contributed by atoms with van der Waals surface area (Å²) >= 11 is 0. The standard InChI is InChI=1S/C16H17FN2O2/c1-19(13-6-4-5-12(17)11-13)16(20)9-10-21-15-8-3-2-7-14(15)18/h2-8,11H,9-10,18H2,1H3. The summed E-state index contributed by atoms with van der Waals surface area (Å²) in [5.74, 6) is 0.0225. The number of para-hydroxylation sites is 2. The first-order chi connectivity index (χ1) is 10.1. The zero-order valence-corrected chi connectivity index (χ0v) is 11.8. The number of rotatable bonds is 5. The van der Waals surface area contributed by atoms with Gasteiger partial charge in [-0.1, -0.05) is 18.2 Å². The first kappa shape index (κ1) is 14.8. The van der Waals surface area contributed by atoms with Gasteiger partial charge in [-0.15, -0.1) is 0 Å². The molecule has 110 valence electrons. The lowest BCUT2D eigenvalue weighted by atomic mass is 10.2. The quantitative estimate of drug-likeness (QED) is 0.861. The summed E-state index contributed by atoms with van der Waals surface area (Å²) in [7, 11) is 1.61. The molecule has 0 aliphatic rings. The molecule has 0 heterocycles. The summed E-state index contributed by atoms with van der Waals surface area (Å²) in [6.45, 7) is 0.215. The van der Waals surface area contributed by atoms with Crippen molar-refractivity contribution in [2.45, 2.75) is 6.42 Å². The van der Waals surface area contributed by atoms with Crippen LogP contribution in [0.3, 0.4) is 0 Å². The molecule has 2 rings (SSSR count). The summed E-state index contributed by atoms with van der Waals surface area (Å²) < 4.78 is 18.6. The van der Waals surface area contributed by atoms with E-state index in [2.05, 4.69) is 0 Å². The van der Waals surface area contributed by atoms with E-state index < -0.39 is 0 Å². The maximum Gasteiger partial charge on any atom is 0.230 e. The van der Waals surface area contributed by atoms with Gasteiger partial charge >= 0.3 is 0 Å². The molecule has 0 atom stereocenters. The lowest BCUT2D eigenvalue weighted by molar-refractivity contribution is -0.118. The van der Waals surface area contributed by atoms with Gasteiger partial charge in [0.05, 0.1) is 18.7 Å². The van der Waals surface area contributed by atoms with Crippen LogP contribution in [0.1, 0.15) is 6.42 Å². The molecule has 2 aromatic carbocycles. The second-order valence-corrected chi connectivity index (χ2v) is 4.57. The van der Waals surface area contributed by atoms with Crippen molar-refractivity contribution in [2.24, 2.45) is 0 Å². The summed E-state index contributed by atoms with van der Waals surface area (Å²) in [6.07, 6.45) is 0.182. The molecule has 2 N–H and O–H groups in total. The molecule has 0 saturated heterocycles. The molecule has 0 aliphatic carbocycles. The van der Waals surface area contributed by atoms with Gasteiger partial charge in [0.2, 0.25) is 5.91 Å². The first-order valence-corrected chi connectivity index (χ1v) is 6.57. The summed E-state index contributed by atoms with van der Waals surface area (Å²) in [6, 6.07) is 13.0. The fourth-order valence-corrected chi connectivity index (χ4v) is 1.86. The minimum atomic E-state index is -0.375. The molecule has 0 radical (unpaired) electrons. The predicted molar refractivity (Wildman–Crippen MR) is 80.8 cm³/mol. The SMILES string of the molecule is CN(C(=O)CCOc1ccccc1N)c1cccc(F)c1. The van der Waals surface area contributed by atoms with Gasteiger partial charge in [-0.2, -0.15) is 0 Å². The van der Waals surface area contributed by atoms with Crippen molar-refractivity contribution in [2.75, 3.05) is 24.3 Å². The average molecular weight is 288 g/mol. The fourth-order valence-electron chi connectivity index (χ4n) is 1.86. The molecule has 4 nitrogen and oxygen atoms in total. The minimum absolute atomic E-state index is 0.157. The summed E-state index contributed by atoms with van der Waals surface area (Å²) in [5.41, 5.74) is 6.79. The third-order valence-electron chi connectivity index (χ3n) is 3.06. The van der Waals surface area contributed by atoms with Crippen LogP contribution >= 0.6 is 0 Å². The van der Waals surface area contributed by atoms with Crippen LogP contribution in [0.4, 0.5) is 15.8 Å². The number of benzene rings is 2. The molecule has 0 aromatic heterocycles. The normalized spacial score (nSPS) is 10.2. The minimum Gasteiger partial charge on any atom is -0.491 e. The van der Waals surface area contributed by atoms with Gasteiger partial charge in [0, 0.05) is 12.7 Å². The maximum absolute atomic E-state index is 13.1. The largest absolute Gasteiger partial charge is 0.491 e. The van der Waals surface area contributed by atoms with Crippen LogP contribution in [0.25, 0.3) is 0 Å². The van der Waals surface area contributed by atoms with Crippen molar-refractivity contribution in [1.82, 2.24) is 0 Å². The molecule has 2 aromatic rings. The number of nitrogens with two attached hydrogens (primary N) is 1. The smallest absolute Gasteiger partial charge is 0.230 e. The van der Waals surface area contributed by atoms with Crippen LogP contribution < -0.4 is 15.4 Å². The number of halogens is 1. The monoisotopic (exact) mass is 288 g/mol. The number of carbonyl (C=O) groups excluding carboxylic acids is 1. The lowest BCUT2D eigenvalue weighted by Gasteiger charge is -2.17. The Morgan fingerprint density at radius 3 is 2.71 bits per heavy atom. The highest BCUT2D eigenvalue weighted by atomic mass is 19.1. The zero-order chi connectivity index (χ0) is 15.2. The van der Waals surface area contributed by atoms with Crippen LogP contribution in [0.2, 0.25) is 0 Å². The van der Waals surface area contributed by atoms with Gasteiger partial charge in [-0.05, 0) is 30.3 Å². The molecule has 1 amide bonds. The molecule has 0 fully saturated rings. The highest BCUT2D eigenvalue weighted by Crippen LogP contribution is 2.20. The Balaban J connectivity index is 1.89. The predicted octanol–water partition coefficient (Wildman–Crippen LogP) is 2.84. The fraction of sp³-hybridized carbons (Fsp3) is 0.188. The summed E-state index contributed by atoms with van der Waals surface area (Å²) in [4.78, 5) is 13.4. The molecule has 0 unspecified atom stereocenters. The molecule has 0 aliphatic heterocycles. The second-order valence-electron chi connectivity index (χ2n) is 4.57. The molecular formula is C16H17FN2O2. The van der Waals surface area contributed by atoms with Crippen LogP contribution in [0, 0.1) is 5.82 Å². The van der Waals surface area contributed by atoms with Crippen molar-refractivity contribution in [1.29, 1.82) is 0 Å². The average Bonchev–Trinajstić information content (AvgIpc) is 2.48. The van der Waals surface area contributed by atoms with E-state index >= 15 is 0 Å². The van der Waals surface area contributed by atoms with Gasteiger partial charge in [0.15, 0.2) is 0 Å². The Labute approximate surface area is 122 Å². The number of amides is 1. The molecule has 5 heteroatoms. The summed E-state index contributed by atoms with van der Waals surface area (Å²) in [5, 5.41) is 0. The maximum atomic E-state index is 13.1. The van der Waals surface area contributed by atoms with Crippen molar-refractivity contribution >= 4 is 17.3 Å². The topological polar surface area (TPSA) is 55.6 Å². The number of ether oxygens (including phenoxy) is 1. The van der Waals surface area contributed by atoms with E-state index in [9.17, 15) is 9.18 Å². The van der Waals surface area contributed by atoms with E-state index in [0.29, 0.717) is 17.1 Å². The van der Waals surface area contributed by atoms with E-state index in [0.717, 1.165) is 0 Å². The molecule has 0 saturated carbocycles. The molecular weight excluding hydrogens is 271 g/mol. The number of anilines is 2. The van der Waals surface area contributed by atoms with E-state index in [-0.39, 0.29) is 24.8 Å². The Morgan fingerprint density at radius 1 is 1.24 bits per heavy atom. The van der Waals surface area contributed by atoms with Crippen molar-refractivity contribution in [3.8, 4) is 5.75 Å². The van der Waals surface area contributed by atoms with Gasteiger partial charge in [-0.25, -0.2) is 4.39 Å². The number of hydrogen-bond acceptors (Lipinski definition) is 3. The zero-order valence-electron chi connectivity index (χ0n) is 11.8. The number of nitrogens with zero attached hydrogens (tertiary/aromatic N) is 1. The van der Waals surface area contributed by atoms with Crippen molar-refractivity contribution in [3.63, 3.8) is 0 Å². The van der Waals surface area contributed by atoms with Crippen LogP contribution in [0.5, 0.6) is 5.75 Å². The van der Waals surface area contributed by atoms with Gasteiger partial charge in [0.25, 0.3) is 0 Å². The van der Waals surface area contributed by atoms with E-state index in [1.807, 2.05) is 12.1 Å². The van der Waals surface area contributed by atoms with Crippen molar-refractivity contribution < 1.29 is 13.9 Å². The number of carbonyl (C=O) groups is 1. The Kier molecular flexibility index (Phi) is 4.77. The lowest BCUT2D eigenvalue weighted by Crippen LogP contribution is -2.27. The molecule has 0 spiro atoms. The van der Waals surface area contributed by atoms with Crippen LogP contribution in [-0.4, -0.2) is 19.6 Å². The van der Waals surface area contributed by atoms with E-state index in [4.69, 9.17) is 10.5 Å². The van der Waals surface area contributed by atoms with Gasteiger partial charge in [0.1, 0.15) is 11.6 Å². The third kappa shape index (κ3) is 3.95. The third-order valence-corrected chi connectivity index (χ3v) is 3.06. The Morgan fingerprint density at radius 2 is 2.00 bits per heavy atom. The highest BCUT2D eigenvalue weighted by Gasteiger charge is 2.11. The Bertz CT molecular complexity index is 631. The van der Waals surface area contributed by atoms with Crippen molar-refractivity contribution in [3.05, 3.63) is 54.3 Å². The van der Waals surface area contributed by atoms with Crippen LogP contribution in [-0.2, 0) is 4.79 Å². The molecule has 0 bridgehead atoms. The van der Waals surface area contributed by atoms with Gasteiger partial charge < -0.3 is 15.4 Å². The van der Waals surface area contributed by atoms with E-state index in [1.54, 1.807) is 31.3 Å². The highest BCUT2D eigenvalue weighted by molar-refractivity contribution is 5.92. The Hall–Kier alpha value is -2.56. The van der Waals surface area contributed by atoms with Gasteiger partial charge in [-0.3, -0.25) is 4.79 Å². The first-order valence-electron chi connectivity index (χ1n) is 6.57.